The van der Waals surface area contributed by atoms with Gasteiger partial charge in [-0.1, -0.05) is 0 Å². The van der Waals surface area contributed by atoms with Crippen LogP contribution in [0.3, 0.4) is 0 Å². The molecule has 3 N–H and O–H groups in total. The molecule has 1 aromatic rings. The van der Waals surface area contributed by atoms with Crippen molar-refractivity contribution in [3.8, 4) is 0 Å². The summed E-state index contributed by atoms with van der Waals surface area (Å²) in [6.07, 6.45) is -4.47. The monoisotopic (exact) mass is 294 g/mol. The molecule has 0 aliphatic carbocycles. The average molecular weight is 294 g/mol. The lowest BCUT2D eigenvalue weighted by atomic mass is 9.96. The average Bonchev–Trinajstić information content (AvgIpc) is 2.63. The highest BCUT2D eigenvalue weighted by Gasteiger charge is 2.30. The molecule has 0 aromatic carbocycles. The SMILES string of the molecule is Cc1cc(C(C)(O)CNC(=O)NCC(F)(F)F)c(C)o1. The second-order valence-corrected chi connectivity index (χ2v) is 4.75. The van der Waals surface area contributed by atoms with Crippen molar-refractivity contribution in [1.82, 2.24) is 10.6 Å². The largest absolute Gasteiger partial charge is 0.466 e. The lowest BCUT2D eigenvalue weighted by Gasteiger charge is -2.23. The zero-order valence-electron chi connectivity index (χ0n) is 11.4. The number of hydrogen-bond donors (Lipinski definition) is 3. The van der Waals surface area contributed by atoms with Crippen LogP contribution in [0.15, 0.2) is 10.5 Å². The lowest BCUT2D eigenvalue weighted by molar-refractivity contribution is -0.122. The zero-order chi connectivity index (χ0) is 15.6. The minimum absolute atomic E-state index is 0.240. The van der Waals surface area contributed by atoms with Crippen molar-refractivity contribution in [3.05, 3.63) is 23.2 Å². The first-order valence-corrected chi connectivity index (χ1v) is 5.89. The van der Waals surface area contributed by atoms with E-state index in [1.165, 1.54) is 6.92 Å². The summed E-state index contributed by atoms with van der Waals surface area (Å²) < 4.78 is 41.0. The van der Waals surface area contributed by atoms with Gasteiger partial charge in [-0.25, -0.2) is 4.79 Å². The Balaban J connectivity index is 2.55. The number of carbonyl (C=O) groups excluding carboxylic acids is 1. The Kier molecular flexibility index (Phi) is 4.69. The van der Waals surface area contributed by atoms with Crippen LogP contribution in [0.5, 0.6) is 0 Å². The van der Waals surface area contributed by atoms with E-state index in [9.17, 15) is 23.1 Å². The molecule has 5 nitrogen and oxygen atoms in total. The highest BCUT2D eigenvalue weighted by molar-refractivity contribution is 5.73. The van der Waals surface area contributed by atoms with Crippen molar-refractivity contribution in [1.29, 1.82) is 0 Å². The predicted molar refractivity (Wildman–Crippen MR) is 65.2 cm³/mol. The topological polar surface area (TPSA) is 74.5 Å². The number of aryl methyl sites for hydroxylation is 2. The van der Waals surface area contributed by atoms with Gasteiger partial charge >= 0.3 is 12.2 Å². The normalized spacial score (nSPS) is 14.8. The first-order chi connectivity index (χ1) is 9.01. The van der Waals surface area contributed by atoms with Crippen LogP contribution in [0.4, 0.5) is 18.0 Å². The third-order valence-corrected chi connectivity index (χ3v) is 2.66. The maximum absolute atomic E-state index is 11.9. The van der Waals surface area contributed by atoms with E-state index in [-0.39, 0.29) is 6.54 Å². The number of rotatable bonds is 4. The number of alkyl halides is 3. The van der Waals surface area contributed by atoms with Crippen LogP contribution in [0.25, 0.3) is 0 Å². The molecule has 20 heavy (non-hydrogen) atoms. The summed E-state index contributed by atoms with van der Waals surface area (Å²) in [5.41, 5.74) is -0.955. The van der Waals surface area contributed by atoms with E-state index >= 15 is 0 Å². The first kappa shape index (κ1) is 16.4. The van der Waals surface area contributed by atoms with Gasteiger partial charge in [-0.2, -0.15) is 13.2 Å². The van der Waals surface area contributed by atoms with E-state index in [1.54, 1.807) is 25.2 Å². The molecule has 0 spiro atoms. The standard InChI is InChI=1S/C12H17F3N2O3/c1-7-4-9(8(2)20-7)11(3,19)5-16-10(18)17-6-12(13,14)15/h4,19H,5-6H2,1-3H3,(H2,16,17,18). The molecule has 114 valence electrons. The van der Waals surface area contributed by atoms with Gasteiger partial charge in [-0.3, -0.25) is 0 Å². The Morgan fingerprint density at radius 1 is 1.30 bits per heavy atom. The van der Waals surface area contributed by atoms with Gasteiger partial charge in [-0.05, 0) is 26.8 Å². The van der Waals surface area contributed by atoms with Gasteiger partial charge in [0.1, 0.15) is 23.7 Å². The molecule has 0 aliphatic heterocycles. The molecular formula is C12H17F3N2O3. The van der Waals surface area contributed by atoms with Crippen molar-refractivity contribution < 1.29 is 27.5 Å². The van der Waals surface area contributed by atoms with Crippen LogP contribution < -0.4 is 10.6 Å². The van der Waals surface area contributed by atoms with Gasteiger partial charge in [-0.15, -0.1) is 0 Å². The molecular weight excluding hydrogens is 277 g/mol. The molecule has 1 aromatic heterocycles. The Bertz CT molecular complexity index is 481. The summed E-state index contributed by atoms with van der Waals surface area (Å²) in [6, 6.07) is 0.616. The number of aliphatic hydroxyl groups is 1. The van der Waals surface area contributed by atoms with Crippen molar-refractivity contribution in [2.24, 2.45) is 0 Å². The Morgan fingerprint density at radius 3 is 2.30 bits per heavy atom. The third kappa shape index (κ3) is 4.76. The Hall–Kier alpha value is -1.70. The van der Waals surface area contributed by atoms with E-state index in [4.69, 9.17) is 4.42 Å². The molecule has 0 radical (unpaired) electrons. The molecule has 8 heteroatoms. The second-order valence-electron chi connectivity index (χ2n) is 4.75. The molecule has 0 aliphatic rings. The fourth-order valence-electron chi connectivity index (χ4n) is 1.76. The number of furan rings is 1. The molecule has 0 bridgehead atoms. The van der Waals surface area contributed by atoms with E-state index < -0.39 is 24.4 Å². The van der Waals surface area contributed by atoms with Gasteiger partial charge < -0.3 is 20.2 Å². The minimum atomic E-state index is -4.47. The zero-order valence-corrected chi connectivity index (χ0v) is 11.4. The summed E-state index contributed by atoms with van der Waals surface area (Å²) in [6.45, 7) is 3.13. The van der Waals surface area contributed by atoms with Crippen LogP contribution in [-0.2, 0) is 5.60 Å². The van der Waals surface area contributed by atoms with E-state index in [0.717, 1.165) is 0 Å². The summed E-state index contributed by atoms with van der Waals surface area (Å²) in [4.78, 5) is 11.2. The van der Waals surface area contributed by atoms with Crippen molar-refractivity contribution in [2.45, 2.75) is 32.5 Å². The van der Waals surface area contributed by atoms with E-state index in [0.29, 0.717) is 17.1 Å². The fraction of sp³-hybridized carbons (Fsp3) is 0.583. The molecule has 1 atom stereocenters. The first-order valence-electron chi connectivity index (χ1n) is 5.89. The van der Waals surface area contributed by atoms with Crippen LogP contribution in [-0.4, -0.2) is 30.4 Å². The van der Waals surface area contributed by atoms with E-state index in [2.05, 4.69) is 5.32 Å². The summed E-state index contributed by atoms with van der Waals surface area (Å²) in [5, 5.41) is 14.1. The highest BCUT2D eigenvalue weighted by Crippen LogP contribution is 2.26. The van der Waals surface area contributed by atoms with Gasteiger partial charge in [0.25, 0.3) is 0 Å². The van der Waals surface area contributed by atoms with Gasteiger partial charge in [0, 0.05) is 5.56 Å². The molecule has 1 heterocycles. The molecule has 1 unspecified atom stereocenters. The smallest absolute Gasteiger partial charge is 0.405 e. The third-order valence-electron chi connectivity index (χ3n) is 2.66. The maximum atomic E-state index is 11.9. The van der Waals surface area contributed by atoms with Crippen molar-refractivity contribution >= 4 is 6.03 Å². The number of halogens is 3. The van der Waals surface area contributed by atoms with Crippen molar-refractivity contribution in [2.75, 3.05) is 13.1 Å². The summed E-state index contributed by atoms with van der Waals surface area (Å²) in [7, 11) is 0. The number of nitrogens with one attached hydrogen (secondary N) is 2. The van der Waals surface area contributed by atoms with Gasteiger partial charge in [0.15, 0.2) is 0 Å². The van der Waals surface area contributed by atoms with Gasteiger partial charge in [0.2, 0.25) is 0 Å². The molecule has 2 amide bonds. The Morgan fingerprint density at radius 2 is 1.85 bits per heavy atom. The number of urea groups is 1. The number of amides is 2. The molecule has 1 rings (SSSR count). The molecule has 0 saturated carbocycles. The lowest BCUT2D eigenvalue weighted by Crippen LogP contribution is -2.45. The van der Waals surface area contributed by atoms with Crippen LogP contribution in [0.2, 0.25) is 0 Å². The number of hydrogen-bond acceptors (Lipinski definition) is 3. The number of carbonyl (C=O) groups is 1. The van der Waals surface area contributed by atoms with Crippen LogP contribution in [0.1, 0.15) is 24.0 Å². The predicted octanol–water partition coefficient (Wildman–Crippen LogP) is 1.97. The minimum Gasteiger partial charge on any atom is -0.466 e. The fourth-order valence-corrected chi connectivity index (χ4v) is 1.76. The highest BCUT2D eigenvalue weighted by atomic mass is 19.4. The Labute approximate surface area is 114 Å². The summed E-state index contributed by atoms with van der Waals surface area (Å²) >= 11 is 0. The van der Waals surface area contributed by atoms with E-state index in [1.807, 2.05) is 0 Å². The quantitative estimate of drug-likeness (QED) is 0.794. The summed E-state index contributed by atoms with van der Waals surface area (Å²) in [5.74, 6) is 1.09. The molecule has 0 saturated heterocycles. The molecule has 0 fully saturated rings. The van der Waals surface area contributed by atoms with Crippen molar-refractivity contribution in [3.63, 3.8) is 0 Å². The van der Waals surface area contributed by atoms with Crippen LogP contribution >= 0.6 is 0 Å². The second kappa shape index (κ2) is 5.74. The maximum Gasteiger partial charge on any atom is 0.405 e. The van der Waals surface area contributed by atoms with Gasteiger partial charge in [0.05, 0.1) is 6.54 Å². The van der Waals surface area contributed by atoms with Crippen LogP contribution in [0, 0.1) is 13.8 Å².